The van der Waals surface area contributed by atoms with Crippen molar-refractivity contribution in [3.05, 3.63) is 98.8 Å². The first-order chi connectivity index (χ1) is 17.2. The number of halogens is 1. The number of nitro benzene ring substituents is 1. The van der Waals surface area contributed by atoms with Crippen molar-refractivity contribution in [2.24, 2.45) is 0 Å². The van der Waals surface area contributed by atoms with Gasteiger partial charge in [0.15, 0.2) is 0 Å². The molecule has 2 aliphatic rings. The number of rotatable bonds is 6. The van der Waals surface area contributed by atoms with E-state index in [1.165, 1.54) is 17.0 Å². The smallest absolute Gasteiger partial charge is 0.270 e. The second-order valence-electron chi connectivity index (χ2n) is 8.50. The second-order valence-corrected chi connectivity index (χ2v) is 8.50. The van der Waals surface area contributed by atoms with E-state index in [9.17, 15) is 28.9 Å². The average Bonchev–Trinajstić information content (AvgIpc) is 3.10. The van der Waals surface area contributed by atoms with E-state index in [1.807, 2.05) is 6.92 Å². The Morgan fingerprint density at radius 3 is 2.25 bits per heavy atom. The van der Waals surface area contributed by atoms with Gasteiger partial charge in [-0.05, 0) is 55.3 Å². The zero-order valence-electron chi connectivity index (χ0n) is 19.3. The molecule has 36 heavy (non-hydrogen) atoms. The Balaban J connectivity index is 1.57. The van der Waals surface area contributed by atoms with E-state index in [0.717, 1.165) is 17.0 Å². The number of non-ortho nitro benzene ring substituents is 1. The normalized spacial score (nSPS) is 18.8. The minimum Gasteiger partial charge on any atom is -0.494 e. The summed E-state index contributed by atoms with van der Waals surface area (Å²) in [5, 5.41) is 11.2. The molecule has 2 atom stereocenters. The predicted molar refractivity (Wildman–Crippen MR) is 126 cm³/mol. The molecule has 0 unspecified atom stereocenters. The largest absolute Gasteiger partial charge is 0.494 e. The first kappa shape index (κ1) is 23.2. The molecular formula is C26H20FN3O6. The molecule has 9 nitrogen and oxygen atoms in total. The van der Waals surface area contributed by atoms with Gasteiger partial charge in [-0.1, -0.05) is 18.2 Å². The van der Waals surface area contributed by atoms with Crippen molar-refractivity contribution in [1.82, 2.24) is 4.90 Å². The molecule has 0 spiro atoms. The molecule has 3 amide bonds. The number of hydrogen-bond acceptors (Lipinski definition) is 6. The topological polar surface area (TPSA) is 110 Å². The van der Waals surface area contributed by atoms with Gasteiger partial charge in [0.05, 0.1) is 28.7 Å². The molecule has 10 heteroatoms. The maximum atomic E-state index is 14.4. The van der Waals surface area contributed by atoms with Crippen LogP contribution in [0.25, 0.3) is 0 Å². The number of fused-ring (bicyclic) bond motifs is 1. The summed E-state index contributed by atoms with van der Waals surface area (Å²) in [7, 11) is 0. The Hall–Kier alpha value is -4.60. The summed E-state index contributed by atoms with van der Waals surface area (Å²) >= 11 is 0. The highest BCUT2D eigenvalue weighted by molar-refractivity contribution is 6.25. The number of β-lactam (4-membered cyclic amide) rings is 1. The van der Waals surface area contributed by atoms with Gasteiger partial charge in [-0.15, -0.1) is 0 Å². The summed E-state index contributed by atoms with van der Waals surface area (Å²) in [6.07, 6.45) is 0. The summed E-state index contributed by atoms with van der Waals surface area (Å²) in [6.45, 7) is 3.90. The van der Waals surface area contributed by atoms with Gasteiger partial charge in [-0.3, -0.25) is 29.4 Å². The molecule has 2 heterocycles. The van der Waals surface area contributed by atoms with Gasteiger partial charge < -0.3 is 9.64 Å². The highest BCUT2D eigenvalue weighted by atomic mass is 19.1. The van der Waals surface area contributed by atoms with Crippen LogP contribution < -0.4 is 9.64 Å². The number of carbonyl (C=O) groups is 3. The lowest BCUT2D eigenvalue weighted by atomic mass is 9.86. The van der Waals surface area contributed by atoms with Crippen molar-refractivity contribution >= 4 is 29.1 Å². The van der Waals surface area contributed by atoms with Gasteiger partial charge in [-0.2, -0.15) is 0 Å². The zero-order chi connectivity index (χ0) is 25.7. The lowest BCUT2D eigenvalue weighted by molar-refractivity contribution is -0.384. The Labute approximate surface area is 204 Å². The van der Waals surface area contributed by atoms with Crippen LogP contribution in [0.5, 0.6) is 5.75 Å². The Bertz CT molecular complexity index is 1440. The number of benzene rings is 3. The monoisotopic (exact) mass is 489 g/mol. The fourth-order valence-electron chi connectivity index (χ4n) is 4.62. The van der Waals surface area contributed by atoms with Crippen LogP contribution >= 0.6 is 0 Å². The van der Waals surface area contributed by atoms with E-state index in [1.54, 1.807) is 43.3 Å². The van der Waals surface area contributed by atoms with Gasteiger partial charge in [0.1, 0.15) is 17.6 Å². The van der Waals surface area contributed by atoms with Crippen LogP contribution in [-0.4, -0.2) is 40.2 Å². The van der Waals surface area contributed by atoms with Crippen LogP contribution in [0.3, 0.4) is 0 Å². The molecule has 2 aliphatic heterocycles. The van der Waals surface area contributed by atoms with Crippen molar-refractivity contribution in [1.29, 1.82) is 0 Å². The molecule has 0 bridgehead atoms. The predicted octanol–water partition coefficient (Wildman–Crippen LogP) is 4.19. The minimum absolute atomic E-state index is 0.0105. The van der Waals surface area contributed by atoms with Crippen molar-refractivity contribution in [2.75, 3.05) is 11.5 Å². The van der Waals surface area contributed by atoms with E-state index in [0.29, 0.717) is 23.5 Å². The molecule has 1 saturated heterocycles. The maximum Gasteiger partial charge on any atom is 0.270 e. The molecule has 0 N–H and O–H groups in total. The van der Waals surface area contributed by atoms with Crippen molar-refractivity contribution in [3.63, 3.8) is 0 Å². The number of amides is 3. The van der Waals surface area contributed by atoms with Crippen molar-refractivity contribution in [2.45, 2.75) is 25.9 Å². The average molecular weight is 489 g/mol. The lowest BCUT2D eigenvalue weighted by Gasteiger charge is -2.49. The van der Waals surface area contributed by atoms with E-state index >= 15 is 0 Å². The van der Waals surface area contributed by atoms with Crippen molar-refractivity contribution < 1.29 is 28.4 Å². The number of hydrogen-bond donors (Lipinski definition) is 0. The van der Waals surface area contributed by atoms with E-state index in [-0.39, 0.29) is 22.5 Å². The molecule has 182 valence electrons. The van der Waals surface area contributed by atoms with Crippen LogP contribution in [0.4, 0.5) is 15.8 Å². The molecule has 5 rings (SSSR count). The molecule has 0 saturated carbocycles. The number of nitrogens with zero attached hydrogens (tertiary/aromatic N) is 3. The van der Waals surface area contributed by atoms with E-state index < -0.39 is 40.5 Å². The van der Waals surface area contributed by atoms with Crippen LogP contribution in [0.1, 0.15) is 44.8 Å². The van der Waals surface area contributed by atoms with Crippen LogP contribution in [0, 0.1) is 22.9 Å². The fourth-order valence-corrected chi connectivity index (χ4v) is 4.62. The SMILES string of the molecule is CCOc1ccc([C@H]2[C@H](N3C(=O)c4ccc([N+](=O)[O-])cc4C3=O)C(=O)N2c2ccc(C)c(F)c2)cc1. The maximum absolute atomic E-state index is 14.4. The third kappa shape index (κ3) is 3.49. The zero-order valence-corrected chi connectivity index (χ0v) is 19.3. The number of nitro groups is 1. The highest BCUT2D eigenvalue weighted by Gasteiger charge is 2.57. The minimum atomic E-state index is -1.21. The number of anilines is 1. The van der Waals surface area contributed by atoms with Gasteiger partial charge in [0.2, 0.25) is 0 Å². The van der Waals surface area contributed by atoms with Gasteiger partial charge in [0.25, 0.3) is 23.4 Å². The molecule has 0 aliphatic carbocycles. The summed E-state index contributed by atoms with van der Waals surface area (Å²) in [5.74, 6) is -1.97. The Kier molecular flexibility index (Phi) is 5.51. The summed E-state index contributed by atoms with van der Waals surface area (Å²) in [5.41, 5.74) is 0.812. The van der Waals surface area contributed by atoms with Crippen LogP contribution in [0.2, 0.25) is 0 Å². The lowest BCUT2D eigenvalue weighted by Crippen LogP contribution is -2.67. The summed E-state index contributed by atoms with van der Waals surface area (Å²) in [6, 6.07) is 12.6. The molecule has 1 fully saturated rings. The summed E-state index contributed by atoms with van der Waals surface area (Å²) in [4.78, 5) is 52.6. The molecule has 3 aromatic rings. The number of aryl methyl sites for hydroxylation is 1. The van der Waals surface area contributed by atoms with Crippen molar-refractivity contribution in [3.8, 4) is 5.75 Å². The first-order valence-electron chi connectivity index (χ1n) is 11.2. The second kappa shape index (κ2) is 8.56. The van der Waals surface area contributed by atoms with Gasteiger partial charge in [0, 0.05) is 17.8 Å². The van der Waals surface area contributed by atoms with E-state index in [4.69, 9.17) is 4.74 Å². The van der Waals surface area contributed by atoms with Crippen LogP contribution in [-0.2, 0) is 4.79 Å². The molecule has 0 radical (unpaired) electrons. The van der Waals surface area contributed by atoms with Gasteiger partial charge in [-0.25, -0.2) is 4.39 Å². The Morgan fingerprint density at radius 2 is 1.61 bits per heavy atom. The number of ether oxygens (including phenoxy) is 1. The number of carbonyl (C=O) groups excluding carboxylic acids is 3. The van der Waals surface area contributed by atoms with Crippen LogP contribution in [0.15, 0.2) is 60.7 Å². The molecule has 0 aromatic heterocycles. The third-order valence-corrected chi connectivity index (χ3v) is 6.42. The van der Waals surface area contributed by atoms with Gasteiger partial charge >= 0.3 is 0 Å². The number of imide groups is 1. The third-order valence-electron chi connectivity index (χ3n) is 6.42. The fraction of sp³-hybridized carbons (Fsp3) is 0.192. The van der Waals surface area contributed by atoms with E-state index in [2.05, 4.69) is 0 Å². The first-order valence-corrected chi connectivity index (χ1v) is 11.2. The summed E-state index contributed by atoms with van der Waals surface area (Å²) < 4.78 is 19.9. The quantitative estimate of drug-likeness (QED) is 0.222. The highest BCUT2D eigenvalue weighted by Crippen LogP contribution is 2.45. The standard InChI is InChI=1S/C26H20FN3O6/c1-3-36-18-9-5-15(6-10-18)22-23(26(33)28(22)16-7-4-14(2)21(27)13-16)29-24(31)19-11-8-17(30(34)35)12-20(19)25(29)32/h4-13,22-23H,3H2,1-2H3/t22-,23-/m0/s1. The molecule has 3 aromatic carbocycles. The molecular weight excluding hydrogens is 469 g/mol. The Morgan fingerprint density at radius 1 is 0.917 bits per heavy atom.